The monoisotopic (exact) mass is 319 g/mol. The Balaban J connectivity index is 3.43. The standard InChI is InChI=1S/C13H15ClFNO3S/c1-3-5-16(6-4-2)20(18,19)12-8-11(14)7-10(9-17)13(12)15/h3-4,7-8,17H,1-2,5-6,9H2. The van der Waals surface area contributed by atoms with E-state index in [4.69, 9.17) is 16.7 Å². The van der Waals surface area contributed by atoms with Crippen LogP contribution in [0, 0.1) is 5.82 Å². The van der Waals surface area contributed by atoms with Crippen molar-refractivity contribution in [3.8, 4) is 0 Å². The molecule has 0 fully saturated rings. The van der Waals surface area contributed by atoms with Crippen LogP contribution in [0.5, 0.6) is 0 Å². The SMILES string of the molecule is C=CCN(CC=C)S(=O)(=O)c1cc(Cl)cc(CO)c1F. The number of aliphatic hydroxyl groups excluding tert-OH is 1. The normalized spacial score (nSPS) is 11.6. The van der Waals surface area contributed by atoms with Crippen molar-refractivity contribution in [3.05, 3.63) is 53.8 Å². The van der Waals surface area contributed by atoms with E-state index in [0.29, 0.717) is 0 Å². The second-order valence-corrected chi connectivity index (χ2v) is 6.28. The van der Waals surface area contributed by atoms with Gasteiger partial charge in [0.25, 0.3) is 0 Å². The van der Waals surface area contributed by atoms with Crippen molar-refractivity contribution in [3.63, 3.8) is 0 Å². The molecule has 1 aromatic rings. The van der Waals surface area contributed by atoms with E-state index in [2.05, 4.69) is 13.2 Å². The summed E-state index contributed by atoms with van der Waals surface area (Å²) in [4.78, 5) is -0.572. The second kappa shape index (κ2) is 6.99. The van der Waals surface area contributed by atoms with Crippen LogP contribution in [0.1, 0.15) is 5.56 Å². The van der Waals surface area contributed by atoms with E-state index in [9.17, 15) is 12.8 Å². The minimum absolute atomic E-state index is 0.00870. The number of nitrogens with zero attached hydrogens (tertiary/aromatic N) is 1. The average molecular weight is 320 g/mol. The number of hydrogen-bond acceptors (Lipinski definition) is 3. The number of benzene rings is 1. The quantitative estimate of drug-likeness (QED) is 0.785. The van der Waals surface area contributed by atoms with Gasteiger partial charge in [-0.25, -0.2) is 12.8 Å². The van der Waals surface area contributed by atoms with Crippen LogP contribution in [-0.4, -0.2) is 30.9 Å². The fourth-order valence-corrected chi connectivity index (χ4v) is 3.44. The molecule has 0 heterocycles. The smallest absolute Gasteiger partial charge is 0.246 e. The molecule has 0 aromatic heterocycles. The van der Waals surface area contributed by atoms with E-state index < -0.39 is 27.3 Å². The van der Waals surface area contributed by atoms with Crippen LogP contribution in [-0.2, 0) is 16.6 Å². The molecule has 0 spiro atoms. The number of aliphatic hydroxyl groups is 1. The second-order valence-electron chi connectivity index (χ2n) is 3.93. The molecular weight excluding hydrogens is 305 g/mol. The predicted octanol–water partition coefficient (Wildman–Crippen LogP) is 2.33. The molecule has 0 saturated carbocycles. The summed E-state index contributed by atoms with van der Waals surface area (Å²) in [6.07, 6.45) is 2.77. The maximum absolute atomic E-state index is 14.1. The molecule has 1 rings (SSSR count). The molecule has 1 N–H and O–H groups in total. The largest absolute Gasteiger partial charge is 0.392 e. The predicted molar refractivity (Wildman–Crippen MR) is 76.5 cm³/mol. The van der Waals surface area contributed by atoms with Gasteiger partial charge in [0, 0.05) is 23.7 Å². The van der Waals surface area contributed by atoms with E-state index in [0.717, 1.165) is 10.4 Å². The average Bonchev–Trinajstić information content (AvgIpc) is 2.40. The van der Waals surface area contributed by atoms with Crippen molar-refractivity contribution in [1.29, 1.82) is 0 Å². The zero-order valence-electron chi connectivity index (χ0n) is 10.7. The van der Waals surface area contributed by atoms with E-state index in [1.807, 2.05) is 0 Å². The summed E-state index contributed by atoms with van der Waals surface area (Å²) < 4.78 is 39.9. The first-order chi connectivity index (χ1) is 9.38. The molecule has 0 aliphatic heterocycles. The summed E-state index contributed by atoms with van der Waals surface area (Å²) in [5.41, 5.74) is -0.173. The summed E-state index contributed by atoms with van der Waals surface area (Å²) in [6, 6.07) is 2.20. The summed E-state index contributed by atoms with van der Waals surface area (Å²) in [7, 11) is -4.09. The maximum atomic E-state index is 14.1. The zero-order chi connectivity index (χ0) is 15.3. The molecule has 0 amide bonds. The number of halogens is 2. The van der Waals surface area contributed by atoms with E-state index in [-0.39, 0.29) is 23.7 Å². The van der Waals surface area contributed by atoms with Gasteiger partial charge in [-0.3, -0.25) is 0 Å². The summed E-state index contributed by atoms with van der Waals surface area (Å²) >= 11 is 5.76. The highest BCUT2D eigenvalue weighted by atomic mass is 35.5. The maximum Gasteiger partial charge on any atom is 0.246 e. The van der Waals surface area contributed by atoms with Gasteiger partial charge in [0.15, 0.2) is 0 Å². The molecule has 0 aliphatic rings. The first-order valence-corrected chi connectivity index (χ1v) is 7.51. The van der Waals surface area contributed by atoms with Gasteiger partial charge in [-0.2, -0.15) is 4.31 Å². The Bertz CT molecular complexity index is 606. The lowest BCUT2D eigenvalue weighted by Gasteiger charge is -2.20. The minimum Gasteiger partial charge on any atom is -0.392 e. The fourth-order valence-electron chi connectivity index (χ4n) is 1.62. The lowest BCUT2D eigenvalue weighted by Crippen LogP contribution is -2.32. The van der Waals surface area contributed by atoms with Crippen molar-refractivity contribution in [2.24, 2.45) is 0 Å². The van der Waals surface area contributed by atoms with Crippen LogP contribution in [0.4, 0.5) is 4.39 Å². The summed E-state index contributed by atoms with van der Waals surface area (Å²) in [5, 5.41) is 9.07. The molecule has 0 saturated heterocycles. The molecule has 0 atom stereocenters. The third kappa shape index (κ3) is 3.46. The Morgan fingerprint density at radius 1 is 1.30 bits per heavy atom. The fraction of sp³-hybridized carbons (Fsp3) is 0.231. The van der Waals surface area contributed by atoms with Gasteiger partial charge in [-0.1, -0.05) is 23.8 Å². The molecule has 1 aromatic carbocycles. The van der Waals surface area contributed by atoms with Crippen LogP contribution in [0.3, 0.4) is 0 Å². The number of rotatable bonds is 7. The first kappa shape index (κ1) is 16.8. The lowest BCUT2D eigenvalue weighted by molar-refractivity contribution is 0.274. The lowest BCUT2D eigenvalue weighted by atomic mass is 10.2. The highest BCUT2D eigenvalue weighted by Gasteiger charge is 2.27. The third-order valence-corrected chi connectivity index (χ3v) is 4.58. The topological polar surface area (TPSA) is 57.6 Å². The van der Waals surface area contributed by atoms with Crippen LogP contribution in [0.15, 0.2) is 42.3 Å². The minimum atomic E-state index is -4.09. The number of sulfonamides is 1. The Labute approximate surface area is 122 Å². The Kier molecular flexibility index (Phi) is 5.88. The van der Waals surface area contributed by atoms with Gasteiger partial charge in [0.1, 0.15) is 10.7 Å². The van der Waals surface area contributed by atoms with Gasteiger partial charge in [-0.05, 0) is 12.1 Å². The van der Waals surface area contributed by atoms with Crippen LogP contribution in [0.25, 0.3) is 0 Å². The molecular formula is C13H15ClFNO3S. The van der Waals surface area contributed by atoms with Gasteiger partial charge in [0.2, 0.25) is 10.0 Å². The van der Waals surface area contributed by atoms with E-state index >= 15 is 0 Å². The van der Waals surface area contributed by atoms with Crippen molar-refractivity contribution in [2.45, 2.75) is 11.5 Å². The van der Waals surface area contributed by atoms with Crippen molar-refractivity contribution < 1.29 is 17.9 Å². The first-order valence-electron chi connectivity index (χ1n) is 5.69. The summed E-state index contributed by atoms with van der Waals surface area (Å²) in [6.45, 7) is 6.30. The van der Waals surface area contributed by atoms with Crippen LogP contribution >= 0.6 is 11.6 Å². The van der Waals surface area contributed by atoms with Crippen molar-refractivity contribution in [1.82, 2.24) is 4.31 Å². The molecule has 0 bridgehead atoms. The van der Waals surface area contributed by atoms with E-state index in [1.165, 1.54) is 18.2 Å². The molecule has 110 valence electrons. The Morgan fingerprint density at radius 2 is 1.85 bits per heavy atom. The highest BCUT2D eigenvalue weighted by molar-refractivity contribution is 7.89. The van der Waals surface area contributed by atoms with Gasteiger partial charge >= 0.3 is 0 Å². The van der Waals surface area contributed by atoms with Crippen LogP contribution < -0.4 is 0 Å². The van der Waals surface area contributed by atoms with Gasteiger partial charge in [0.05, 0.1) is 6.61 Å². The molecule has 4 nitrogen and oxygen atoms in total. The molecule has 0 aliphatic carbocycles. The van der Waals surface area contributed by atoms with Crippen LogP contribution in [0.2, 0.25) is 5.02 Å². The summed E-state index contributed by atoms with van der Waals surface area (Å²) in [5.74, 6) is -1.00. The van der Waals surface area contributed by atoms with Gasteiger partial charge < -0.3 is 5.11 Å². The third-order valence-electron chi connectivity index (χ3n) is 2.53. The molecule has 0 radical (unpaired) electrons. The zero-order valence-corrected chi connectivity index (χ0v) is 12.3. The molecule has 20 heavy (non-hydrogen) atoms. The Hall–Kier alpha value is -1.21. The van der Waals surface area contributed by atoms with Crippen molar-refractivity contribution in [2.75, 3.05) is 13.1 Å². The molecule has 0 unspecified atom stereocenters. The van der Waals surface area contributed by atoms with Gasteiger partial charge in [-0.15, -0.1) is 13.2 Å². The Morgan fingerprint density at radius 3 is 2.30 bits per heavy atom. The van der Waals surface area contributed by atoms with Crippen molar-refractivity contribution >= 4 is 21.6 Å². The highest BCUT2D eigenvalue weighted by Crippen LogP contribution is 2.26. The van der Waals surface area contributed by atoms with E-state index in [1.54, 1.807) is 0 Å². The molecule has 7 heteroatoms. The number of hydrogen-bond donors (Lipinski definition) is 1.